The number of aromatic nitrogens is 1. The molecule has 3 unspecified atom stereocenters. The molecule has 0 aliphatic heterocycles. The first-order chi connectivity index (χ1) is 13.8. The lowest BCUT2D eigenvalue weighted by Gasteiger charge is -2.58. The van der Waals surface area contributed by atoms with Crippen molar-refractivity contribution in [3.63, 3.8) is 0 Å². The Morgan fingerprint density at radius 2 is 2.07 bits per heavy atom. The zero-order valence-electron chi connectivity index (χ0n) is 17.3. The summed E-state index contributed by atoms with van der Waals surface area (Å²) in [6.45, 7) is 3.88. The molecule has 1 saturated carbocycles. The van der Waals surface area contributed by atoms with Crippen molar-refractivity contribution in [3.05, 3.63) is 65.0 Å². The standard InChI is InChI=1S/C24H29NO4/c1-4-23-15-22(2,27)24(28,20-7-5-6-12-25-20)14-18(23)10-8-16-13-17(21(26)29-3)9-11-19(16)23/h5-7,9,11-13,18,27-28H,4,8,10,14-15H2,1-3H3/t18-,22?,23?,24?/m1/s1. The van der Waals surface area contributed by atoms with E-state index in [0.717, 1.165) is 24.8 Å². The van der Waals surface area contributed by atoms with Gasteiger partial charge in [0.15, 0.2) is 0 Å². The van der Waals surface area contributed by atoms with Gasteiger partial charge in [-0.2, -0.15) is 0 Å². The average molecular weight is 395 g/mol. The van der Waals surface area contributed by atoms with Gasteiger partial charge in [-0.25, -0.2) is 4.79 Å². The van der Waals surface area contributed by atoms with Crippen LogP contribution in [0.5, 0.6) is 0 Å². The Labute approximate surface area is 171 Å². The number of benzene rings is 1. The second kappa shape index (κ2) is 6.92. The average Bonchev–Trinajstić information content (AvgIpc) is 2.74. The summed E-state index contributed by atoms with van der Waals surface area (Å²) in [6.07, 6.45) is 5.16. The molecule has 0 saturated heterocycles. The Morgan fingerprint density at radius 1 is 1.28 bits per heavy atom. The third-order valence-corrected chi connectivity index (χ3v) is 7.42. The molecule has 2 aliphatic carbocycles. The minimum Gasteiger partial charge on any atom is -0.465 e. The first-order valence-electron chi connectivity index (χ1n) is 10.4. The number of hydrogen-bond donors (Lipinski definition) is 2. The van der Waals surface area contributed by atoms with E-state index in [0.29, 0.717) is 24.1 Å². The van der Waals surface area contributed by atoms with E-state index in [4.69, 9.17) is 4.74 Å². The topological polar surface area (TPSA) is 79.7 Å². The SMILES string of the molecule is CCC12CC(C)(O)C(O)(c3ccccn3)C[C@H]1CCc1cc(C(=O)OC)ccc12. The fourth-order valence-corrected chi connectivity index (χ4v) is 5.82. The highest BCUT2D eigenvalue weighted by molar-refractivity contribution is 5.89. The summed E-state index contributed by atoms with van der Waals surface area (Å²) in [4.78, 5) is 16.4. The van der Waals surface area contributed by atoms with E-state index >= 15 is 0 Å². The third kappa shape index (κ3) is 2.90. The maximum atomic E-state index is 12.0. The molecular weight excluding hydrogens is 366 g/mol. The number of aryl methyl sites for hydroxylation is 1. The molecule has 1 aromatic carbocycles. The maximum absolute atomic E-state index is 12.0. The van der Waals surface area contributed by atoms with Crippen LogP contribution in [0.1, 0.15) is 66.7 Å². The van der Waals surface area contributed by atoms with Crippen LogP contribution in [0.15, 0.2) is 42.6 Å². The van der Waals surface area contributed by atoms with Crippen LogP contribution in [-0.4, -0.2) is 33.9 Å². The Morgan fingerprint density at radius 3 is 2.72 bits per heavy atom. The first kappa shape index (κ1) is 20.0. The van der Waals surface area contributed by atoms with E-state index in [1.807, 2.05) is 30.3 Å². The Kier molecular flexibility index (Phi) is 4.79. The number of nitrogens with zero attached hydrogens (tertiary/aromatic N) is 1. The van der Waals surface area contributed by atoms with Crippen molar-refractivity contribution in [1.82, 2.24) is 4.98 Å². The molecule has 5 heteroatoms. The lowest BCUT2D eigenvalue weighted by atomic mass is 9.49. The molecule has 4 rings (SSSR count). The molecule has 1 fully saturated rings. The minimum atomic E-state index is -1.39. The van der Waals surface area contributed by atoms with Crippen molar-refractivity contribution in [2.75, 3.05) is 7.11 Å². The van der Waals surface area contributed by atoms with Gasteiger partial charge in [0.25, 0.3) is 0 Å². The van der Waals surface area contributed by atoms with E-state index in [1.165, 1.54) is 12.7 Å². The van der Waals surface area contributed by atoms with Crippen LogP contribution in [0.4, 0.5) is 0 Å². The number of fused-ring (bicyclic) bond motifs is 3. The van der Waals surface area contributed by atoms with Crippen LogP contribution in [-0.2, 0) is 22.2 Å². The predicted molar refractivity (Wildman–Crippen MR) is 110 cm³/mol. The van der Waals surface area contributed by atoms with Gasteiger partial charge in [-0.3, -0.25) is 4.98 Å². The van der Waals surface area contributed by atoms with E-state index < -0.39 is 11.2 Å². The number of hydrogen-bond acceptors (Lipinski definition) is 5. The van der Waals surface area contributed by atoms with Crippen LogP contribution >= 0.6 is 0 Å². The van der Waals surface area contributed by atoms with Gasteiger partial charge in [0.05, 0.1) is 24.0 Å². The molecule has 0 amide bonds. The lowest BCUT2D eigenvalue weighted by molar-refractivity contribution is -0.207. The minimum absolute atomic E-state index is 0.219. The molecule has 2 aromatic rings. The van der Waals surface area contributed by atoms with Gasteiger partial charge < -0.3 is 14.9 Å². The van der Waals surface area contributed by atoms with Crippen molar-refractivity contribution in [1.29, 1.82) is 0 Å². The summed E-state index contributed by atoms with van der Waals surface area (Å²) < 4.78 is 4.88. The fourth-order valence-electron chi connectivity index (χ4n) is 5.82. The number of ether oxygens (including phenoxy) is 1. The van der Waals surface area contributed by atoms with E-state index in [-0.39, 0.29) is 17.3 Å². The van der Waals surface area contributed by atoms with Crippen LogP contribution in [0.3, 0.4) is 0 Å². The third-order valence-electron chi connectivity index (χ3n) is 7.42. The number of methoxy groups -OCH3 is 1. The maximum Gasteiger partial charge on any atom is 0.337 e. The number of pyridine rings is 1. The number of carbonyl (C=O) groups excluding carboxylic acids is 1. The van der Waals surface area contributed by atoms with Gasteiger partial charge in [0, 0.05) is 11.6 Å². The van der Waals surface area contributed by atoms with Crippen molar-refractivity contribution in [2.24, 2.45) is 5.92 Å². The van der Waals surface area contributed by atoms with Crippen LogP contribution in [0.2, 0.25) is 0 Å². The van der Waals surface area contributed by atoms with Gasteiger partial charge in [0.2, 0.25) is 0 Å². The summed E-state index contributed by atoms with van der Waals surface area (Å²) in [5, 5.41) is 23.2. The molecule has 0 bridgehead atoms. The molecule has 0 spiro atoms. The van der Waals surface area contributed by atoms with E-state index in [1.54, 1.807) is 19.2 Å². The predicted octanol–water partition coefficient (Wildman–Crippen LogP) is 3.51. The van der Waals surface area contributed by atoms with Gasteiger partial charge >= 0.3 is 5.97 Å². The second-order valence-corrected chi connectivity index (χ2v) is 8.84. The normalized spacial score (nSPS) is 33.5. The van der Waals surface area contributed by atoms with Gasteiger partial charge in [0.1, 0.15) is 5.60 Å². The smallest absolute Gasteiger partial charge is 0.337 e. The molecule has 5 nitrogen and oxygen atoms in total. The van der Waals surface area contributed by atoms with Crippen LogP contribution in [0, 0.1) is 5.92 Å². The number of carbonyl (C=O) groups is 1. The van der Waals surface area contributed by atoms with Crippen molar-refractivity contribution in [3.8, 4) is 0 Å². The van der Waals surface area contributed by atoms with Gasteiger partial charge in [-0.1, -0.05) is 19.1 Å². The summed E-state index contributed by atoms with van der Waals surface area (Å²) in [6, 6.07) is 11.2. The number of esters is 1. The molecule has 0 radical (unpaired) electrons. The van der Waals surface area contributed by atoms with Crippen LogP contribution in [0.25, 0.3) is 0 Å². The molecule has 4 atom stereocenters. The number of aliphatic hydroxyl groups is 2. The molecule has 2 aliphatic rings. The lowest BCUT2D eigenvalue weighted by Crippen LogP contribution is -2.62. The molecule has 2 N–H and O–H groups in total. The Balaban J connectivity index is 1.79. The van der Waals surface area contributed by atoms with Crippen molar-refractivity contribution in [2.45, 2.75) is 62.6 Å². The zero-order chi connectivity index (χ0) is 20.9. The highest BCUT2D eigenvalue weighted by Crippen LogP contribution is 2.59. The van der Waals surface area contributed by atoms with E-state index in [2.05, 4.69) is 11.9 Å². The summed E-state index contributed by atoms with van der Waals surface area (Å²) in [5.41, 5.74) is 0.458. The number of rotatable bonds is 3. The van der Waals surface area contributed by atoms with Crippen LogP contribution < -0.4 is 0 Å². The van der Waals surface area contributed by atoms with Crippen molar-refractivity contribution >= 4 is 5.97 Å². The fraction of sp³-hybridized carbons (Fsp3) is 0.500. The Hall–Kier alpha value is -2.24. The van der Waals surface area contributed by atoms with Gasteiger partial charge in [-0.05, 0) is 80.3 Å². The highest BCUT2D eigenvalue weighted by Gasteiger charge is 2.61. The molecular formula is C24H29NO4. The molecule has 1 aromatic heterocycles. The molecule has 154 valence electrons. The summed E-state index contributed by atoms with van der Waals surface area (Å²) in [7, 11) is 1.39. The monoisotopic (exact) mass is 395 g/mol. The summed E-state index contributed by atoms with van der Waals surface area (Å²) >= 11 is 0. The second-order valence-electron chi connectivity index (χ2n) is 8.84. The first-order valence-corrected chi connectivity index (χ1v) is 10.4. The largest absolute Gasteiger partial charge is 0.465 e. The quantitative estimate of drug-likeness (QED) is 0.778. The zero-order valence-corrected chi connectivity index (χ0v) is 17.3. The molecule has 1 heterocycles. The Bertz CT molecular complexity index is 926. The van der Waals surface area contributed by atoms with Crippen molar-refractivity contribution < 1.29 is 19.7 Å². The van der Waals surface area contributed by atoms with Gasteiger partial charge in [-0.15, -0.1) is 0 Å². The summed E-state index contributed by atoms with van der Waals surface area (Å²) in [5.74, 6) is -0.114. The molecule has 29 heavy (non-hydrogen) atoms. The van der Waals surface area contributed by atoms with E-state index in [9.17, 15) is 15.0 Å². The highest BCUT2D eigenvalue weighted by atomic mass is 16.5.